The maximum Gasteiger partial charge on any atom is 0.252 e. The fourth-order valence-corrected chi connectivity index (χ4v) is 3.84. The molecule has 19 heavy (non-hydrogen) atoms. The van der Waals surface area contributed by atoms with E-state index in [-0.39, 0.29) is 11.3 Å². The second kappa shape index (κ2) is 6.61. The number of β-lactam (4-membered cyclic amide) rings is 1. The van der Waals surface area contributed by atoms with E-state index in [4.69, 9.17) is 34.8 Å². The van der Waals surface area contributed by atoms with E-state index >= 15 is 0 Å². The highest BCUT2D eigenvalue weighted by Crippen LogP contribution is 2.42. The lowest BCUT2D eigenvalue weighted by molar-refractivity contribution is -0.289. The zero-order chi connectivity index (χ0) is 14.8. The summed E-state index contributed by atoms with van der Waals surface area (Å²) in [6, 6.07) is 0. The molecule has 1 aliphatic rings. The molecule has 9 heteroatoms. The number of ether oxygens (including phenoxy) is 1. The Labute approximate surface area is 130 Å². The molecule has 0 saturated carbocycles. The van der Waals surface area contributed by atoms with Crippen molar-refractivity contribution in [2.24, 2.45) is 11.8 Å². The van der Waals surface area contributed by atoms with Crippen molar-refractivity contribution >= 4 is 58.6 Å². The molecule has 1 rings (SSSR count). The number of alkyl halides is 3. The monoisotopic (exact) mass is 348 g/mol. The van der Waals surface area contributed by atoms with E-state index in [1.807, 2.05) is 6.92 Å². The molecule has 0 radical (unpaired) electrons. The molecular formula is C10H13Cl3NO4S-. The molecule has 1 N–H and O–H groups in total. The van der Waals surface area contributed by atoms with Crippen LogP contribution < -0.4 is 10.4 Å². The van der Waals surface area contributed by atoms with Gasteiger partial charge in [-0.2, -0.15) is 0 Å². The molecule has 4 atom stereocenters. The Morgan fingerprint density at radius 3 is 2.53 bits per heavy atom. The Morgan fingerprint density at radius 1 is 1.58 bits per heavy atom. The van der Waals surface area contributed by atoms with E-state index in [1.54, 1.807) is 6.92 Å². The first-order valence-corrected chi connectivity index (χ1v) is 7.73. The molecule has 1 amide bonds. The van der Waals surface area contributed by atoms with E-state index in [9.17, 15) is 14.7 Å². The van der Waals surface area contributed by atoms with Gasteiger partial charge in [0, 0.05) is 0 Å². The number of carbonyl (C=O) groups is 2. The average Bonchev–Trinajstić information content (AvgIpc) is 2.23. The summed E-state index contributed by atoms with van der Waals surface area (Å²) < 4.78 is 2.57. The van der Waals surface area contributed by atoms with Gasteiger partial charge in [-0.05, 0) is 11.7 Å². The fraction of sp³-hybridized carbons (Fsp3) is 0.800. The SMILES string of the molecule is CCSC1NC(=O)C1C(C)C(OC(=O)[O-])C(Cl)(Cl)Cl. The molecule has 0 spiro atoms. The van der Waals surface area contributed by atoms with Crippen LogP contribution >= 0.6 is 46.6 Å². The van der Waals surface area contributed by atoms with Crippen molar-refractivity contribution in [3.63, 3.8) is 0 Å². The minimum atomic E-state index is -1.96. The quantitative estimate of drug-likeness (QED) is 0.463. The molecular weight excluding hydrogens is 337 g/mol. The van der Waals surface area contributed by atoms with Gasteiger partial charge in [-0.1, -0.05) is 48.7 Å². The largest absolute Gasteiger partial charge is 0.542 e. The Bertz CT molecular complexity index is 363. The van der Waals surface area contributed by atoms with Crippen LogP contribution in [0.2, 0.25) is 0 Å². The van der Waals surface area contributed by atoms with Crippen LogP contribution in [0.3, 0.4) is 0 Å². The Hall–Kier alpha value is -0.0400. The van der Waals surface area contributed by atoms with Gasteiger partial charge < -0.3 is 20.0 Å². The minimum absolute atomic E-state index is 0.132. The molecule has 110 valence electrons. The van der Waals surface area contributed by atoms with Gasteiger partial charge in [0.05, 0.1) is 17.4 Å². The van der Waals surface area contributed by atoms with E-state index in [2.05, 4.69) is 10.1 Å². The summed E-state index contributed by atoms with van der Waals surface area (Å²) in [5, 5.41) is 13.1. The average molecular weight is 350 g/mol. The lowest BCUT2D eigenvalue weighted by Crippen LogP contribution is -2.62. The van der Waals surface area contributed by atoms with Gasteiger partial charge in [0.15, 0.2) is 0 Å². The zero-order valence-corrected chi connectivity index (χ0v) is 13.3. The number of nitrogens with one attached hydrogen (secondary N) is 1. The van der Waals surface area contributed by atoms with Crippen LogP contribution in [0.4, 0.5) is 4.79 Å². The second-order valence-corrected chi connectivity index (χ2v) is 7.89. The molecule has 5 nitrogen and oxygen atoms in total. The number of thioether (sulfide) groups is 1. The molecule has 0 aromatic carbocycles. The number of halogens is 3. The first-order chi connectivity index (χ1) is 8.68. The summed E-state index contributed by atoms with van der Waals surface area (Å²) in [5.74, 6) is -0.457. The number of rotatable bonds is 5. The summed E-state index contributed by atoms with van der Waals surface area (Å²) in [7, 11) is 0. The third-order valence-corrected chi connectivity index (χ3v) is 4.60. The normalized spacial score (nSPS) is 26.1. The van der Waals surface area contributed by atoms with Gasteiger partial charge in [-0.3, -0.25) is 4.79 Å². The number of carboxylic acid groups (broad SMARTS) is 1. The van der Waals surface area contributed by atoms with Crippen molar-refractivity contribution in [1.29, 1.82) is 0 Å². The lowest BCUT2D eigenvalue weighted by Gasteiger charge is -2.44. The van der Waals surface area contributed by atoms with Crippen LogP contribution in [-0.2, 0) is 9.53 Å². The number of hydrogen-bond acceptors (Lipinski definition) is 5. The highest BCUT2D eigenvalue weighted by molar-refractivity contribution is 8.00. The highest BCUT2D eigenvalue weighted by atomic mass is 35.6. The molecule has 0 aliphatic carbocycles. The number of carbonyl (C=O) groups excluding carboxylic acids is 2. The molecule has 0 aromatic rings. The lowest BCUT2D eigenvalue weighted by atomic mass is 9.84. The van der Waals surface area contributed by atoms with Crippen LogP contribution in [0.5, 0.6) is 0 Å². The third-order valence-electron chi connectivity index (χ3n) is 2.85. The predicted molar refractivity (Wildman–Crippen MR) is 73.3 cm³/mol. The van der Waals surface area contributed by atoms with Crippen LogP contribution in [0.15, 0.2) is 0 Å². The summed E-state index contributed by atoms with van der Waals surface area (Å²) >= 11 is 18.7. The standard InChI is InChI=1S/C10H14Cl3NO4S/c1-3-19-8-5(7(15)14-8)4(2)6(10(11,12)13)18-9(16)17/h4-6,8H,3H2,1-2H3,(H,14,15)(H,16,17)/p-1. The Kier molecular flexibility index (Phi) is 5.92. The molecule has 0 bridgehead atoms. The van der Waals surface area contributed by atoms with Crippen LogP contribution in [0.1, 0.15) is 13.8 Å². The Morgan fingerprint density at radius 2 is 2.16 bits per heavy atom. The molecule has 4 unspecified atom stereocenters. The zero-order valence-electron chi connectivity index (χ0n) is 10.2. The molecule has 1 heterocycles. The van der Waals surface area contributed by atoms with E-state index in [0.717, 1.165) is 5.75 Å². The van der Waals surface area contributed by atoms with E-state index < -0.39 is 27.9 Å². The van der Waals surface area contributed by atoms with Gasteiger partial charge in [0.2, 0.25) is 9.70 Å². The molecule has 1 saturated heterocycles. The smallest absolute Gasteiger partial charge is 0.252 e. The summed E-state index contributed by atoms with van der Waals surface area (Å²) in [4.78, 5) is 22.2. The van der Waals surface area contributed by atoms with E-state index in [1.165, 1.54) is 11.8 Å². The molecule has 1 aliphatic heterocycles. The van der Waals surface area contributed by atoms with Crippen molar-refractivity contribution in [1.82, 2.24) is 5.32 Å². The van der Waals surface area contributed by atoms with Crippen LogP contribution in [0.25, 0.3) is 0 Å². The molecule has 0 aromatic heterocycles. The van der Waals surface area contributed by atoms with Crippen molar-refractivity contribution in [3.05, 3.63) is 0 Å². The van der Waals surface area contributed by atoms with Crippen LogP contribution in [-0.4, -0.2) is 33.1 Å². The first kappa shape index (κ1) is 17.0. The third kappa shape index (κ3) is 4.21. The van der Waals surface area contributed by atoms with Crippen molar-refractivity contribution in [3.8, 4) is 0 Å². The summed E-state index contributed by atoms with van der Waals surface area (Å²) in [5.41, 5.74) is 0. The summed E-state index contributed by atoms with van der Waals surface area (Å²) in [6.45, 7) is 3.56. The van der Waals surface area contributed by atoms with Gasteiger partial charge in [-0.15, -0.1) is 11.8 Å². The predicted octanol–water partition coefficient (Wildman–Crippen LogP) is 1.55. The Balaban J connectivity index is 2.83. The van der Waals surface area contributed by atoms with Crippen molar-refractivity contribution < 1.29 is 19.4 Å². The van der Waals surface area contributed by atoms with E-state index in [0.29, 0.717) is 0 Å². The topological polar surface area (TPSA) is 78.5 Å². The highest BCUT2D eigenvalue weighted by Gasteiger charge is 2.49. The fourth-order valence-electron chi connectivity index (χ4n) is 1.97. The number of hydrogen-bond donors (Lipinski definition) is 1. The van der Waals surface area contributed by atoms with Crippen molar-refractivity contribution in [2.45, 2.75) is 29.1 Å². The first-order valence-electron chi connectivity index (χ1n) is 5.54. The minimum Gasteiger partial charge on any atom is -0.542 e. The van der Waals surface area contributed by atoms with Crippen molar-refractivity contribution in [2.75, 3.05) is 5.75 Å². The number of amides is 1. The van der Waals surface area contributed by atoms with Gasteiger partial charge in [0.25, 0.3) is 6.16 Å². The second-order valence-electron chi connectivity index (χ2n) is 4.10. The van der Waals surface area contributed by atoms with Crippen LogP contribution in [0, 0.1) is 11.8 Å². The molecule has 1 fully saturated rings. The maximum absolute atomic E-state index is 11.6. The van der Waals surface area contributed by atoms with Gasteiger partial charge in [0.1, 0.15) is 0 Å². The van der Waals surface area contributed by atoms with Gasteiger partial charge in [-0.25, -0.2) is 0 Å². The van der Waals surface area contributed by atoms with Gasteiger partial charge >= 0.3 is 0 Å². The maximum atomic E-state index is 11.6. The summed E-state index contributed by atoms with van der Waals surface area (Å²) in [6.07, 6.45) is -3.05.